The monoisotopic (exact) mass is 356 g/mol. The lowest BCUT2D eigenvalue weighted by Crippen LogP contribution is -2.34. The van der Waals surface area contributed by atoms with Crippen molar-refractivity contribution in [1.82, 2.24) is 0 Å². The fraction of sp³-hybridized carbons (Fsp3) is 0.381. The second kappa shape index (κ2) is 9.70. The third-order valence-electron chi connectivity index (χ3n) is 4.00. The molecule has 0 spiro atoms. The van der Waals surface area contributed by atoms with Gasteiger partial charge >= 0.3 is 5.97 Å². The first-order valence-electron chi connectivity index (χ1n) is 8.90. The second-order valence-electron chi connectivity index (χ2n) is 6.23. The zero-order valence-electron chi connectivity index (χ0n) is 15.2. The van der Waals surface area contributed by atoms with Gasteiger partial charge in [0.25, 0.3) is 0 Å². The van der Waals surface area contributed by atoms with Crippen LogP contribution in [0.4, 0.5) is 0 Å². The molecule has 26 heavy (non-hydrogen) atoms. The molecule has 1 atom stereocenters. The largest absolute Gasteiger partial charge is 0.494 e. The number of unbranched alkanes of at least 4 members (excludes halogenated alkanes) is 3. The van der Waals surface area contributed by atoms with Gasteiger partial charge in [-0.15, -0.1) is 0 Å². The predicted molar refractivity (Wildman–Crippen MR) is 98.5 cm³/mol. The van der Waals surface area contributed by atoms with E-state index in [1.54, 1.807) is 6.08 Å². The van der Waals surface area contributed by atoms with E-state index in [1.165, 1.54) is 31.9 Å². The Labute approximate surface area is 153 Å². The molecule has 0 amide bonds. The minimum absolute atomic E-state index is 0.207. The van der Waals surface area contributed by atoms with Gasteiger partial charge in [-0.05, 0) is 37.1 Å². The second-order valence-corrected chi connectivity index (χ2v) is 6.23. The quantitative estimate of drug-likeness (QED) is 0.291. The van der Waals surface area contributed by atoms with Gasteiger partial charge in [0.1, 0.15) is 11.5 Å². The summed E-state index contributed by atoms with van der Waals surface area (Å²) in [6.07, 6.45) is 8.58. The summed E-state index contributed by atoms with van der Waals surface area (Å²) in [5.41, 5.74) is 0.778. The number of hydrogen-bond acceptors (Lipinski definition) is 5. The van der Waals surface area contributed by atoms with Crippen molar-refractivity contribution in [2.75, 3.05) is 6.61 Å². The average molecular weight is 356 g/mol. The van der Waals surface area contributed by atoms with Crippen LogP contribution in [0.15, 0.2) is 42.2 Å². The van der Waals surface area contributed by atoms with E-state index in [1.807, 2.05) is 24.3 Å². The number of rotatable bonds is 9. The third kappa shape index (κ3) is 5.69. The van der Waals surface area contributed by atoms with Gasteiger partial charge in [0.15, 0.2) is 17.5 Å². The Hall–Kier alpha value is -2.69. The summed E-state index contributed by atoms with van der Waals surface area (Å²) in [6.45, 7) is 4.36. The summed E-state index contributed by atoms with van der Waals surface area (Å²) in [7, 11) is 0. The molecule has 5 heteroatoms. The van der Waals surface area contributed by atoms with E-state index in [0.29, 0.717) is 6.61 Å². The van der Waals surface area contributed by atoms with Crippen LogP contribution in [0.1, 0.15) is 45.1 Å². The summed E-state index contributed by atoms with van der Waals surface area (Å²) >= 11 is 0. The molecule has 2 rings (SSSR count). The van der Waals surface area contributed by atoms with Crippen molar-refractivity contribution in [2.24, 2.45) is 5.92 Å². The first-order chi connectivity index (χ1) is 12.5. The normalized spacial score (nSPS) is 17.2. The highest BCUT2D eigenvalue weighted by molar-refractivity contribution is 6.25. The van der Waals surface area contributed by atoms with Crippen LogP contribution in [0.2, 0.25) is 0 Å². The molecule has 1 aromatic carbocycles. The van der Waals surface area contributed by atoms with Crippen LogP contribution in [-0.2, 0) is 19.1 Å². The molecule has 0 saturated heterocycles. The van der Waals surface area contributed by atoms with Crippen LogP contribution >= 0.6 is 0 Å². The number of benzene rings is 1. The number of ketones is 2. The minimum atomic E-state index is -1.40. The maximum Gasteiger partial charge on any atom is 0.329 e. The number of cyclic esters (lactones) is 1. The highest BCUT2D eigenvalue weighted by Crippen LogP contribution is 2.18. The lowest BCUT2D eigenvalue weighted by molar-refractivity contribution is -0.151. The fourth-order valence-corrected chi connectivity index (χ4v) is 2.57. The van der Waals surface area contributed by atoms with Crippen molar-refractivity contribution in [1.29, 1.82) is 0 Å². The SMILES string of the molecule is CCCCCCOc1ccc(/C=C/C(=O)C2C(=O)C=C(C)OC2=O)cc1. The van der Waals surface area contributed by atoms with E-state index in [2.05, 4.69) is 6.92 Å². The summed E-state index contributed by atoms with van der Waals surface area (Å²) in [4.78, 5) is 35.7. The molecule has 0 bridgehead atoms. The zero-order chi connectivity index (χ0) is 18.9. The van der Waals surface area contributed by atoms with E-state index >= 15 is 0 Å². The van der Waals surface area contributed by atoms with E-state index in [4.69, 9.17) is 9.47 Å². The van der Waals surface area contributed by atoms with E-state index < -0.39 is 23.5 Å². The van der Waals surface area contributed by atoms with Crippen molar-refractivity contribution < 1.29 is 23.9 Å². The molecular formula is C21H24O5. The highest BCUT2D eigenvalue weighted by atomic mass is 16.5. The van der Waals surface area contributed by atoms with Crippen molar-refractivity contribution in [3.63, 3.8) is 0 Å². The van der Waals surface area contributed by atoms with Crippen LogP contribution in [0.25, 0.3) is 6.08 Å². The molecule has 5 nitrogen and oxygen atoms in total. The van der Waals surface area contributed by atoms with Crippen LogP contribution in [0.3, 0.4) is 0 Å². The summed E-state index contributed by atoms with van der Waals surface area (Å²) < 4.78 is 10.5. The Bertz CT molecular complexity index is 712. The van der Waals surface area contributed by atoms with Crippen LogP contribution < -0.4 is 4.74 Å². The summed E-state index contributed by atoms with van der Waals surface area (Å²) in [5.74, 6) is -2.37. The molecule has 0 aromatic heterocycles. The van der Waals surface area contributed by atoms with Gasteiger partial charge in [-0.25, -0.2) is 0 Å². The Balaban J connectivity index is 1.89. The van der Waals surface area contributed by atoms with Crippen LogP contribution in [0, 0.1) is 5.92 Å². The Morgan fingerprint density at radius 1 is 1.15 bits per heavy atom. The Morgan fingerprint density at radius 2 is 1.88 bits per heavy atom. The van der Waals surface area contributed by atoms with Gasteiger partial charge in [0.05, 0.1) is 6.61 Å². The van der Waals surface area contributed by atoms with Gasteiger partial charge < -0.3 is 9.47 Å². The van der Waals surface area contributed by atoms with Crippen LogP contribution in [-0.4, -0.2) is 24.1 Å². The van der Waals surface area contributed by atoms with Crippen molar-refractivity contribution in [3.05, 3.63) is 47.7 Å². The molecule has 1 aliphatic rings. The lowest BCUT2D eigenvalue weighted by atomic mass is 9.96. The van der Waals surface area contributed by atoms with Crippen LogP contribution in [0.5, 0.6) is 5.75 Å². The molecule has 0 fully saturated rings. The standard InChI is InChI=1S/C21H24O5/c1-3-4-5-6-13-25-17-10-7-16(8-11-17)9-12-18(22)20-19(23)14-15(2)26-21(20)24/h7-12,14,20H,3-6,13H2,1-2H3/b12-9+. The smallest absolute Gasteiger partial charge is 0.329 e. The molecular weight excluding hydrogens is 332 g/mol. The van der Waals surface area contributed by atoms with Gasteiger partial charge in [0.2, 0.25) is 0 Å². The number of ether oxygens (including phenoxy) is 2. The molecule has 0 radical (unpaired) electrons. The predicted octanol–water partition coefficient (Wildman–Crippen LogP) is 3.87. The summed E-state index contributed by atoms with van der Waals surface area (Å²) in [6, 6.07) is 7.29. The topological polar surface area (TPSA) is 69.7 Å². The van der Waals surface area contributed by atoms with Gasteiger partial charge in [-0.1, -0.05) is 44.4 Å². The molecule has 0 saturated carbocycles. The average Bonchev–Trinajstić information content (AvgIpc) is 2.60. The Kier molecular flexibility index (Phi) is 7.33. The molecule has 1 unspecified atom stereocenters. The molecule has 1 aromatic rings. The minimum Gasteiger partial charge on any atom is -0.494 e. The molecule has 0 aliphatic carbocycles. The Morgan fingerprint density at radius 3 is 2.54 bits per heavy atom. The molecule has 0 N–H and O–H groups in total. The number of carbonyl (C=O) groups is 3. The third-order valence-corrected chi connectivity index (χ3v) is 4.00. The summed E-state index contributed by atoms with van der Waals surface area (Å²) in [5, 5.41) is 0. The van der Waals surface area contributed by atoms with Crippen molar-refractivity contribution in [2.45, 2.75) is 39.5 Å². The van der Waals surface area contributed by atoms with E-state index in [-0.39, 0.29) is 5.76 Å². The lowest BCUT2D eigenvalue weighted by Gasteiger charge is -2.15. The van der Waals surface area contributed by atoms with E-state index in [0.717, 1.165) is 24.2 Å². The maximum atomic E-state index is 12.1. The fourth-order valence-electron chi connectivity index (χ4n) is 2.57. The first-order valence-corrected chi connectivity index (χ1v) is 8.90. The molecule has 138 valence electrons. The number of carbonyl (C=O) groups excluding carboxylic acids is 3. The van der Waals surface area contributed by atoms with Gasteiger partial charge in [-0.2, -0.15) is 0 Å². The number of hydrogen-bond donors (Lipinski definition) is 0. The van der Waals surface area contributed by atoms with Gasteiger partial charge in [0, 0.05) is 6.08 Å². The maximum absolute atomic E-state index is 12.1. The first kappa shape index (κ1) is 19.6. The number of esters is 1. The van der Waals surface area contributed by atoms with Gasteiger partial charge in [-0.3, -0.25) is 14.4 Å². The van der Waals surface area contributed by atoms with Crippen molar-refractivity contribution in [3.8, 4) is 5.75 Å². The van der Waals surface area contributed by atoms with E-state index in [9.17, 15) is 14.4 Å². The number of allylic oxidation sites excluding steroid dienone is 3. The molecule has 1 aliphatic heterocycles. The molecule has 1 heterocycles. The van der Waals surface area contributed by atoms with Crippen molar-refractivity contribution >= 4 is 23.6 Å². The zero-order valence-corrected chi connectivity index (χ0v) is 15.2. The highest BCUT2D eigenvalue weighted by Gasteiger charge is 2.36.